The maximum absolute atomic E-state index is 13.6. The summed E-state index contributed by atoms with van der Waals surface area (Å²) in [6.45, 7) is 4.82. The van der Waals surface area contributed by atoms with Gasteiger partial charge < -0.3 is 9.64 Å². The monoisotopic (exact) mass is 503 g/mol. The van der Waals surface area contributed by atoms with Crippen LogP contribution in [-0.2, 0) is 11.0 Å². The second-order valence-corrected chi connectivity index (χ2v) is 10.3. The average Bonchev–Trinajstić information content (AvgIpc) is 3.63. The van der Waals surface area contributed by atoms with E-state index < -0.39 is 17.8 Å². The van der Waals surface area contributed by atoms with E-state index in [1.807, 2.05) is 13.8 Å². The van der Waals surface area contributed by atoms with Crippen molar-refractivity contribution in [3.8, 4) is 5.88 Å². The molecule has 2 aromatic rings. The molecule has 3 fully saturated rings. The van der Waals surface area contributed by atoms with Crippen molar-refractivity contribution in [1.82, 2.24) is 25.1 Å². The number of rotatable bonds is 7. The third-order valence-electron chi connectivity index (χ3n) is 7.18. The largest absolute Gasteiger partial charge is 0.457 e. The van der Waals surface area contributed by atoms with Gasteiger partial charge in [0, 0.05) is 24.5 Å². The van der Waals surface area contributed by atoms with Gasteiger partial charge in [-0.25, -0.2) is 9.88 Å². The van der Waals surface area contributed by atoms with Gasteiger partial charge in [-0.15, -0.1) is 0 Å². The standard InChI is InChI=1S/C26H32F3N5O2/c1-16(2)32-24(18-5-7-19(8-6-18)26(27,28)29)25(35)33-12-11-20-9-10-23(34(20)15-33)36-22-14-30-21(13-31-22)17-3-4-17/h5-8,13-14,16-17,20,23-24,32H,3-4,9-12,15H2,1-2H3/t20-,23-,24?/m0/s1. The van der Waals surface area contributed by atoms with Gasteiger partial charge in [-0.3, -0.25) is 15.1 Å². The highest BCUT2D eigenvalue weighted by molar-refractivity contribution is 5.83. The number of hydrogen-bond acceptors (Lipinski definition) is 6. The summed E-state index contributed by atoms with van der Waals surface area (Å²) in [7, 11) is 0. The molecule has 2 aliphatic heterocycles. The maximum atomic E-state index is 13.6. The summed E-state index contributed by atoms with van der Waals surface area (Å²) in [5.74, 6) is 0.861. The lowest BCUT2D eigenvalue weighted by molar-refractivity contribution is -0.141. The van der Waals surface area contributed by atoms with Crippen LogP contribution >= 0.6 is 0 Å². The molecule has 0 spiro atoms. The number of halogens is 3. The first-order valence-corrected chi connectivity index (χ1v) is 12.7. The number of alkyl halides is 3. The van der Waals surface area contributed by atoms with Crippen LogP contribution in [0, 0.1) is 0 Å². The van der Waals surface area contributed by atoms with Crippen molar-refractivity contribution in [1.29, 1.82) is 0 Å². The first-order chi connectivity index (χ1) is 17.2. The highest BCUT2D eigenvalue weighted by atomic mass is 19.4. The lowest BCUT2D eigenvalue weighted by Gasteiger charge is -2.41. The van der Waals surface area contributed by atoms with E-state index in [2.05, 4.69) is 20.2 Å². The van der Waals surface area contributed by atoms with E-state index in [9.17, 15) is 18.0 Å². The number of amides is 1. The van der Waals surface area contributed by atoms with Gasteiger partial charge in [-0.1, -0.05) is 12.1 Å². The van der Waals surface area contributed by atoms with E-state index in [0.717, 1.165) is 49.9 Å². The van der Waals surface area contributed by atoms with Crippen molar-refractivity contribution in [3.63, 3.8) is 0 Å². The molecule has 1 aliphatic carbocycles. The maximum Gasteiger partial charge on any atom is 0.416 e. The van der Waals surface area contributed by atoms with Gasteiger partial charge in [0.15, 0.2) is 6.23 Å². The van der Waals surface area contributed by atoms with Crippen molar-refractivity contribution >= 4 is 5.91 Å². The second kappa shape index (κ2) is 9.97. The topological polar surface area (TPSA) is 70.6 Å². The molecular weight excluding hydrogens is 471 g/mol. The molecule has 10 heteroatoms. The predicted octanol–water partition coefficient (Wildman–Crippen LogP) is 4.47. The van der Waals surface area contributed by atoms with Gasteiger partial charge in [0.05, 0.1) is 30.3 Å². The fraction of sp³-hybridized carbons (Fsp3) is 0.577. The Labute approximate surface area is 209 Å². The van der Waals surface area contributed by atoms with Crippen LogP contribution in [0.4, 0.5) is 13.2 Å². The molecular formula is C26H32F3N5O2. The molecule has 2 saturated heterocycles. The van der Waals surface area contributed by atoms with Crippen LogP contribution in [0.5, 0.6) is 5.88 Å². The quantitative estimate of drug-likeness (QED) is 0.601. The minimum Gasteiger partial charge on any atom is -0.457 e. The molecule has 1 amide bonds. The van der Waals surface area contributed by atoms with Crippen LogP contribution in [0.15, 0.2) is 36.7 Å². The second-order valence-electron chi connectivity index (χ2n) is 10.3. The number of hydrogen-bond donors (Lipinski definition) is 1. The van der Waals surface area contributed by atoms with Gasteiger partial charge in [-0.2, -0.15) is 13.2 Å². The van der Waals surface area contributed by atoms with Gasteiger partial charge in [0.2, 0.25) is 11.8 Å². The Balaban J connectivity index is 1.28. The van der Waals surface area contributed by atoms with Crippen molar-refractivity contribution < 1.29 is 22.7 Å². The highest BCUT2D eigenvalue weighted by Crippen LogP contribution is 2.39. The number of benzene rings is 1. The zero-order chi connectivity index (χ0) is 25.4. The normalized spacial score (nSPS) is 23.6. The van der Waals surface area contributed by atoms with Crippen molar-refractivity contribution in [3.05, 3.63) is 53.5 Å². The molecule has 3 atom stereocenters. The zero-order valence-electron chi connectivity index (χ0n) is 20.5. The third-order valence-corrected chi connectivity index (χ3v) is 7.18. The number of aromatic nitrogens is 2. The van der Waals surface area contributed by atoms with E-state index in [4.69, 9.17) is 4.74 Å². The number of carbonyl (C=O) groups is 1. The van der Waals surface area contributed by atoms with Crippen molar-refractivity contribution in [2.45, 2.75) is 82.4 Å². The third kappa shape index (κ3) is 5.49. The molecule has 7 nitrogen and oxygen atoms in total. The SMILES string of the molecule is CC(C)NC(C(=O)N1CC[C@@H]2CC[C@H](Oc3cnc(C4CC4)cn3)N2C1)c1ccc(C(F)(F)F)cc1. The number of carbonyl (C=O) groups excluding carboxylic acids is 1. The van der Waals surface area contributed by atoms with Crippen LogP contribution in [-0.4, -0.2) is 57.2 Å². The number of ether oxygens (including phenoxy) is 1. The van der Waals surface area contributed by atoms with E-state index >= 15 is 0 Å². The fourth-order valence-electron chi connectivity index (χ4n) is 5.10. The van der Waals surface area contributed by atoms with E-state index in [1.54, 1.807) is 17.3 Å². The lowest BCUT2D eigenvalue weighted by Crippen LogP contribution is -2.55. The van der Waals surface area contributed by atoms with Crippen molar-refractivity contribution in [2.75, 3.05) is 13.2 Å². The van der Waals surface area contributed by atoms with Crippen LogP contribution in [0.3, 0.4) is 0 Å². The molecule has 3 aliphatic rings. The minimum atomic E-state index is -4.42. The van der Waals surface area contributed by atoms with Crippen LogP contribution in [0.1, 0.15) is 74.7 Å². The minimum absolute atomic E-state index is 0.0289. The first kappa shape index (κ1) is 25.0. The van der Waals surface area contributed by atoms with Crippen LogP contribution in [0.25, 0.3) is 0 Å². The molecule has 5 rings (SSSR count). The Kier molecular flexibility index (Phi) is 6.91. The number of nitrogens with zero attached hydrogens (tertiary/aromatic N) is 4. The molecule has 194 valence electrons. The number of nitrogens with one attached hydrogen (secondary N) is 1. The fourth-order valence-corrected chi connectivity index (χ4v) is 5.10. The molecule has 3 heterocycles. The Bertz CT molecular complexity index is 1060. The Morgan fingerprint density at radius 3 is 2.42 bits per heavy atom. The molecule has 0 radical (unpaired) electrons. The summed E-state index contributed by atoms with van der Waals surface area (Å²) < 4.78 is 45.3. The predicted molar refractivity (Wildman–Crippen MR) is 127 cm³/mol. The van der Waals surface area contributed by atoms with Crippen LogP contribution in [0.2, 0.25) is 0 Å². The zero-order valence-corrected chi connectivity index (χ0v) is 20.5. The van der Waals surface area contributed by atoms with Gasteiger partial charge in [-0.05, 0) is 63.6 Å². The van der Waals surface area contributed by atoms with Gasteiger partial charge >= 0.3 is 6.18 Å². The summed E-state index contributed by atoms with van der Waals surface area (Å²) >= 11 is 0. The summed E-state index contributed by atoms with van der Waals surface area (Å²) in [4.78, 5) is 26.5. The Morgan fingerprint density at radius 2 is 1.81 bits per heavy atom. The molecule has 1 aromatic carbocycles. The van der Waals surface area contributed by atoms with Gasteiger partial charge in [0.25, 0.3) is 0 Å². The molecule has 1 saturated carbocycles. The first-order valence-electron chi connectivity index (χ1n) is 12.7. The Morgan fingerprint density at radius 1 is 1.06 bits per heavy atom. The van der Waals surface area contributed by atoms with E-state index in [1.165, 1.54) is 12.1 Å². The molecule has 1 N–H and O–H groups in total. The van der Waals surface area contributed by atoms with E-state index in [0.29, 0.717) is 36.6 Å². The lowest BCUT2D eigenvalue weighted by atomic mass is 10.0. The summed E-state index contributed by atoms with van der Waals surface area (Å²) in [6, 6.07) is 4.40. The highest BCUT2D eigenvalue weighted by Gasteiger charge is 2.41. The summed E-state index contributed by atoms with van der Waals surface area (Å²) in [6.07, 6.45) is 3.82. The van der Waals surface area contributed by atoms with Crippen LogP contribution < -0.4 is 10.1 Å². The molecule has 0 bridgehead atoms. The van der Waals surface area contributed by atoms with Gasteiger partial charge in [0.1, 0.15) is 6.04 Å². The molecule has 36 heavy (non-hydrogen) atoms. The Hall–Kier alpha value is -2.72. The summed E-state index contributed by atoms with van der Waals surface area (Å²) in [5.41, 5.74) is 0.797. The smallest absolute Gasteiger partial charge is 0.416 e. The molecule has 1 aromatic heterocycles. The van der Waals surface area contributed by atoms with Crippen molar-refractivity contribution in [2.24, 2.45) is 0 Å². The number of fused-ring (bicyclic) bond motifs is 1. The molecule has 1 unspecified atom stereocenters. The van der Waals surface area contributed by atoms with E-state index in [-0.39, 0.29) is 18.2 Å². The average molecular weight is 504 g/mol. The summed E-state index contributed by atoms with van der Waals surface area (Å²) in [5, 5.41) is 3.24.